The lowest BCUT2D eigenvalue weighted by Gasteiger charge is -2.12. The van der Waals surface area contributed by atoms with Gasteiger partial charge in [-0.3, -0.25) is 0 Å². The van der Waals surface area contributed by atoms with Crippen molar-refractivity contribution in [2.24, 2.45) is 20.5 Å². The zero-order chi connectivity index (χ0) is 28.0. The molecule has 0 saturated heterocycles. The first kappa shape index (κ1) is 29.4. The second-order valence-corrected chi connectivity index (χ2v) is 8.92. The molecule has 0 aliphatic carbocycles. The number of halogens is 8. The van der Waals surface area contributed by atoms with E-state index in [1.165, 1.54) is 62.8 Å². The van der Waals surface area contributed by atoms with Gasteiger partial charge in [-0.2, -0.15) is 10.2 Å². The number of hydrogen-bond acceptors (Lipinski definition) is 6. The predicted molar refractivity (Wildman–Crippen MR) is 139 cm³/mol. The van der Waals surface area contributed by atoms with Crippen LogP contribution in [0.4, 0.5) is 28.9 Å². The molecular formula is C24H14Cl4F4N4O2. The van der Waals surface area contributed by atoms with Gasteiger partial charge in [0.25, 0.3) is 0 Å². The molecule has 0 bridgehead atoms. The molecule has 3 aromatic carbocycles. The van der Waals surface area contributed by atoms with E-state index in [0.717, 1.165) is 0 Å². The number of ether oxygens (including phenoxy) is 2. The maximum absolute atomic E-state index is 15.2. The minimum atomic E-state index is -1.91. The van der Waals surface area contributed by atoms with E-state index in [4.69, 9.17) is 55.9 Å². The third kappa shape index (κ3) is 6.63. The summed E-state index contributed by atoms with van der Waals surface area (Å²) in [5.74, 6) is -6.64. The minimum Gasteiger partial charge on any atom is -0.497 e. The van der Waals surface area contributed by atoms with E-state index < -0.39 is 54.8 Å². The van der Waals surface area contributed by atoms with E-state index >= 15 is 17.6 Å². The van der Waals surface area contributed by atoms with Crippen molar-refractivity contribution in [3.05, 3.63) is 91.9 Å². The lowest BCUT2D eigenvalue weighted by atomic mass is 10.0. The standard InChI is InChI=1S/C24H14Cl4F4N4O2/c1-37-13-7-3-11(4-8-13)33-35-21(23(25)26)15-17(29)19(31)16(20(32)18(15)30)22(24(27)28)36-34-12-5-9-14(38-2)10-6-12/h3-10H,1-2H3. The fourth-order valence-corrected chi connectivity index (χ4v) is 3.45. The molecule has 0 atom stereocenters. The fraction of sp³-hybridized carbons (Fsp3) is 0.0833. The largest absolute Gasteiger partial charge is 0.497 e. The summed E-state index contributed by atoms with van der Waals surface area (Å²) >= 11 is 22.9. The molecule has 198 valence electrons. The molecule has 0 heterocycles. The Bertz CT molecular complexity index is 1310. The van der Waals surface area contributed by atoms with E-state index in [1.807, 2.05) is 0 Å². The summed E-state index contributed by atoms with van der Waals surface area (Å²) in [6.07, 6.45) is 0. The third-order valence-corrected chi connectivity index (χ3v) is 5.49. The number of methoxy groups -OCH3 is 2. The molecule has 0 aliphatic rings. The highest BCUT2D eigenvalue weighted by molar-refractivity contribution is 6.58. The summed E-state index contributed by atoms with van der Waals surface area (Å²) in [6, 6.07) is 11.9. The smallest absolute Gasteiger partial charge is 0.172 e. The molecule has 0 saturated carbocycles. The summed E-state index contributed by atoms with van der Waals surface area (Å²) < 4.78 is 69.0. The van der Waals surface area contributed by atoms with Crippen LogP contribution in [0.5, 0.6) is 11.5 Å². The van der Waals surface area contributed by atoms with Crippen molar-refractivity contribution in [1.29, 1.82) is 0 Å². The number of azo groups is 2. The van der Waals surface area contributed by atoms with Gasteiger partial charge in [-0.15, -0.1) is 10.2 Å². The van der Waals surface area contributed by atoms with Crippen LogP contribution in [0.15, 0.2) is 78.0 Å². The number of hydrogen-bond donors (Lipinski definition) is 0. The lowest BCUT2D eigenvalue weighted by Crippen LogP contribution is -2.08. The molecule has 3 rings (SSSR count). The van der Waals surface area contributed by atoms with Crippen LogP contribution in [-0.2, 0) is 0 Å². The number of rotatable bonds is 8. The van der Waals surface area contributed by atoms with Crippen molar-refractivity contribution in [2.75, 3.05) is 14.2 Å². The average Bonchev–Trinajstić information content (AvgIpc) is 2.91. The summed E-state index contributed by atoms with van der Waals surface area (Å²) in [5.41, 5.74) is -4.03. The zero-order valence-electron chi connectivity index (χ0n) is 19.2. The quantitative estimate of drug-likeness (QED) is 0.145. The Hall–Kier alpha value is -3.18. The molecular weight excluding hydrogens is 594 g/mol. The molecule has 0 aromatic heterocycles. The summed E-state index contributed by atoms with van der Waals surface area (Å²) in [6.45, 7) is 0. The van der Waals surface area contributed by atoms with Crippen LogP contribution in [0.3, 0.4) is 0 Å². The van der Waals surface area contributed by atoms with Crippen molar-refractivity contribution in [3.8, 4) is 11.5 Å². The lowest BCUT2D eigenvalue weighted by molar-refractivity contribution is 0.414. The van der Waals surface area contributed by atoms with E-state index in [9.17, 15) is 0 Å². The van der Waals surface area contributed by atoms with Crippen LogP contribution in [0, 0.1) is 23.3 Å². The van der Waals surface area contributed by atoms with Gasteiger partial charge in [0.15, 0.2) is 23.3 Å². The van der Waals surface area contributed by atoms with Gasteiger partial charge in [0.05, 0.1) is 36.7 Å². The van der Waals surface area contributed by atoms with Crippen LogP contribution in [0.1, 0.15) is 11.1 Å². The monoisotopic (exact) mass is 606 g/mol. The average molecular weight is 608 g/mol. The van der Waals surface area contributed by atoms with Crippen molar-refractivity contribution < 1.29 is 27.0 Å². The first-order valence-corrected chi connectivity index (χ1v) is 11.7. The maximum atomic E-state index is 15.2. The summed E-state index contributed by atoms with van der Waals surface area (Å²) in [5, 5.41) is 14.7. The van der Waals surface area contributed by atoms with Crippen molar-refractivity contribution in [1.82, 2.24) is 0 Å². The highest BCUT2D eigenvalue weighted by Gasteiger charge is 2.31. The van der Waals surface area contributed by atoms with E-state index in [1.54, 1.807) is 0 Å². The van der Waals surface area contributed by atoms with Crippen LogP contribution in [0.2, 0.25) is 0 Å². The second-order valence-electron chi connectivity index (χ2n) is 7.02. The molecule has 6 nitrogen and oxygen atoms in total. The Morgan fingerprint density at radius 3 is 1.08 bits per heavy atom. The van der Waals surface area contributed by atoms with Crippen LogP contribution in [0.25, 0.3) is 11.4 Å². The molecule has 0 radical (unpaired) electrons. The Morgan fingerprint density at radius 1 is 0.553 bits per heavy atom. The van der Waals surface area contributed by atoms with Crippen LogP contribution < -0.4 is 9.47 Å². The third-order valence-electron chi connectivity index (χ3n) is 4.77. The van der Waals surface area contributed by atoms with Crippen molar-refractivity contribution in [3.63, 3.8) is 0 Å². The van der Waals surface area contributed by atoms with Gasteiger partial charge in [-0.25, -0.2) is 17.6 Å². The van der Waals surface area contributed by atoms with Gasteiger partial charge in [-0.1, -0.05) is 46.4 Å². The fourth-order valence-electron chi connectivity index (χ4n) is 2.93. The predicted octanol–water partition coefficient (Wildman–Crippen LogP) is 10.0. The summed E-state index contributed by atoms with van der Waals surface area (Å²) in [7, 11) is 2.89. The minimum absolute atomic E-state index is 0.189. The molecule has 0 N–H and O–H groups in total. The Balaban J connectivity index is 2.09. The topological polar surface area (TPSA) is 67.9 Å². The SMILES string of the molecule is COc1ccc(N=NC(=C(Cl)Cl)c2c(F)c(F)c(C(N=Nc3ccc(OC)cc3)=C(Cl)Cl)c(F)c2F)cc1. The van der Waals surface area contributed by atoms with Gasteiger partial charge in [0.1, 0.15) is 31.9 Å². The van der Waals surface area contributed by atoms with E-state index in [-0.39, 0.29) is 11.4 Å². The molecule has 38 heavy (non-hydrogen) atoms. The molecule has 3 aromatic rings. The number of nitrogens with zero attached hydrogens (tertiary/aromatic N) is 4. The number of benzene rings is 3. The highest BCUT2D eigenvalue weighted by Crippen LogP contribution is 2.39. The van der Waals surface area contributed by atoms with E-state index in [0.29, 0.717) is 11.5 Å². The van der Waals surface area contributed by atoms with Gasteiger partial charge >= 0.3 is 0 Å². The molecule has 0 aliphatic heterocycles. The van der Waals surface area contributed by atoms with Gasteiger partial charge in [0.2, 0.25) is 0 Å². The van der Waals surface area contributed by atoms with Crippen LogP contribution in [-0.4, -0.2) is 14.2 Å². The molecule has 14 heteroatoms. The first-order chi connectivity index (χ1) is 18.1. The van der Waals surface area contributed by atoms with Crippen molar-refractivity contribution in [2.45, 2.75) is 0 Å². The normalized spacial score (nSPS) is 11.2. The molecule has 0 spiro atoms. The molecule has 0 fully saturated rings. The molecule has 0 unspecified atom stereocenters. The van der Waals surface area contributed by atoms with Gasteiger partial charge in [-0.05, 0) is 48.5 Å². The van der Waals surface area contributed by atoms with Gasteiger partial charge < -0.3 is 9.47 Å². The Morgan fingerprint density at radius 2 is 0.842 bits per heavy atom. The van der Waals surface area contributed by atoms with Crippen LogP contribution >= 0.6 is 46.4 Å². The van der Waals surface area contributed by atoms with E-state index in [2.05, 4.69) is 20.5 Å². The van der Waals surface area contributed by atoms with Gasteiger partial charge in [0, 0.05) is 0 Å². The summed E-state index contributed by atoms with van der Waals surface area (Å²) in [4.78, 5) is 0. The maximum Gasteiger partial charge on any atom is 0.172 e. The zero-order valence-corrected chi connectivity index (χ0v) is 22.3. The first-order valence-electron chi connectivity index (χ1n) is 10.2. The Kier molecular flexibility index (Phi) is 10.1. The van der Waals surface area contributed by atoms with Crippen molar-refractivity contribution >= 4 is 69.2 Å². The Labute approximate surface area is 233 Å². The second kappa shape index (κ2) is 13.1. The molecule has 0 amide bonds. The highest BCUT2D eigenvalue weighted by atomic mass is 35.5.